The lowest BCUT2D eigenvalue weighted by molar-refractivity contribution is -0.385. The zero-order valence-corrected chi connectivity index (χ0v) is 18.6. The Morgan fingerprint density at radius 1 is 1.11 bits per heavy atom. The second-order valence-electron chi connectivity index (χ2n) is 8.38. The number of halogens is 3. The summed E-state index contributed by atoms with van der Waals surface area (Å²) in [6.45, 7) is 1.39. The molecule has 1 saturated heterocycles. The topological polar surface area (TPSA) is 137 Å². The van der Waals surface area contributed by atoms with Gasteiger partial charge in [-0.15, -0.1) is 0 Å². The predicted octanol–water partition coefficient (Wildman–Crippen LogP) is 1.16. The van der Waals surface area contributed by atoms with Crippen LogP contribution in [0.4, 0.5) is 13.2 Å². The maximum atomic E-state index is 13.6. The molecule has 1 aliphatic heterocycles. The van der Waals surface area contributed by atoms with Crippen LogP contribution in [0.25, 0.3) is 11.0 Å². The van der Waals surface area contributed by atoms with Crippen LogP contribution in [0.1, 0.15) is 23.6 Å². The van der Waals surface area contributed by atoms with Crippen molar-refractivity contribution in [3.63, 3.8) is 0 Å². The molecule has 1 fully saturated rings. The summed E-state index contributed by atoms with van der Waals surface area (Å²) >= 11 is 0. The lowest BCUT2D eigenvalue weighted by atomic mass is 9.96. The van der Waals surface area contributed by atoms with Gasteiger partial charge in [0, 0.05) is 6.54 Å². The first-order valence-corrected chi connectivity index (χ1v) is 10.8. The molecule has 9 nitrogen and oxygen atoms in total. The highest BCUT2D eigenvalue weighted by Crippen LogP contribution is 2.39. The third kappa shape index (κ3) is 4.73. The van der Waals surface area contributed by atoms with E-state index in [1.807, 2.05) is 31.2 Å². The first-order chi connectivity index (χ1) is 16.5. The van der Waals surface area contributed by atoms with Crippen molar-refractivity contribution in [3.05, 3.63) is 59.4 Å². The minimum absolute atomic E-state index is 0.0455. The van der Waals surface area contributed by atoms with Crippen LogP contribution >= 0.6 is 0 Å². The quantitative estimate of drug-likeness (QED) is 0.320. The van der Waals surface area contributed by atoms with Crippen molar-refractivity contribution in [2.24, 2.45) is 0 Å². The average molecular weight is 498 g/mol. The van der Waals surface area contributed by atoms with Crippen LogP contribution in [-0.4, -0.2) is 72.1 Å². The number of ether oxygens (including phenoxy) is 2. The molecule has 0 spiro atoms. The van der Waals surface area contributed by atoms with Gasteiger partial charge in [0.1, 0.15) is 23.5 Å². The maximum Gasteiger partial charge on any atom is 0.416 e. The number of benzene rings is 2. The summed E-state index contributed by atoms with van der Waals surface area (Å²) in [4.78, 5) is 4.04. The minimum atomic E-state index is -4.80. The Morgan fingerprint density at radius 3 is 2.37 bits per heavy atom. The van der Waals surface area contributed by atoms with Gasteiger partial charge in [0.15, 0.2) is 6.10 Å². The molecule has 190 valence electrons. The van der Waals surface area contributed by atoms with Crippen LogP contribution in [0.3, 0.4) is 0 Å². The van der Waals surface area contributed by atoms with Crippen LogP contribution in [0.5, 0.6) is 5.75 Å². The van der Waals surface area contributed by atoms with Gasteiger partial charge in [-0.3, -0.25) is 0 Å². The number of aryl methyl sites for hydroxylation is 1. The Kier molecular flexibility index (Phi) is 6.79. The summed E-state index contributed by atoms with van der Waals surface area (Å²) in [5, 5.41) is 50.9. The Hall–Kier alpha value is -2.74. The van der Waals surface area contributed by atoms with Gasteiger partial charge in [0.2, 0.25) is 6.29 Å². The molecular formula is C23H25F3N2O7. The second kappa shape index (κ2) is 9.37. The second-order valence-corrected chi connectivity index (χ2v) is 8.38. The highest BCUT2D eigenvalue weighted by molar-refractivity contribution is 5.83. The zero-order valence-electron chi connectivity index (χ0n) is 18.6. The number of aliphatic hydroxyl groups is 5. The van der Waals surface area contributed by atoms with Crippen molar-refractivity contribution in [1.82, 2.24) is 9.55 Å². The third-order valence-electron chi connectivity index (χ3n) is 6.03. The van der Waals surface area contributed by atoms with Gasteiger partial charge in [0.05, 0.1) is 24.0 Å². The number of imidazole rings is 1. The lowest BCUT2D eigenvalue weighted by Gasteiger charge is -2.45. The molecule has 1 aromatic heterocycles. The standard InChI is InChI=1S/C23H25F3N2O7/c1-2-12-3-5-13(6-4-12)9-28-11-27-15-7-14(23(24,25)26)8-16(18(15)28)35-22(33)20(31)19(30)17(10-29)34-21(22)32/h3-8,11,17,19-21,29-33H,2,9-10H2,1H3/t17-,19-,20+,21?,22+/m1/s1. The predicted molar refractivity (Wildman–Crippen MR) is 115 cm³/mol. The van der Waals surface area contributed by atoms with Crippen molar-refractivity contribution >= 4 is 11.0 Å². The lowest BCUT2D eigenvalue weighted by Crippen LogP contribution is -2.69. The van der Waals surface area contributed by atoms with Gasteiger partial charge in [-0.2, -0.15) is 13.2 Å². The van der Waals surface area contributed by atoms with Gasteiger partial charge in [-0.25, -0.2) is 4.98 Å². The molecule has 0 saturated carbocycles. The van der Waals surface area contributed by atoms with Gasteiger partial charge in [-0.1, -0.05) is 31.2 Å². The summed E-state index contributed by atoms with van der Waals surface area (Å²) in [6, 6.07) is 8.96. The molecule has 0 amide bonds. The number of alkyl halides is 3. The highest BCUT2D eigenvalue weighted by Gasteiger charge is 2.57. The zero-order chi connectivity index (χ0) is 25.5. The number of fused-ring (bicyclic) bond motifs is 1. The largest absolute Gasteiger partial charge is 0.452 e. The van der Waals surface area contributed by atoms with Crippen molar-refractivity contribution in [2.45, 2.75) is 56.5 Å². The number of aliphatic hydroxyl groups excluding tert-OH is 4. The van der Waals surface area contributed by atoms with Crippen molar-refractivity contribution in [2.75, 3.05) is 6.61 Å². The molecule has 1 aliphatic rings. The molecule has 1 unspecified atom stereocenters. The molecule has 5 atom stereocenters. The molecule has 5 N–H and O–H groups in total. The van der Waals surface area contributed by atoms with E-state index in [9.17, 15) is 38.7 Å². The number of aromatic nitrogens is 2. The smallest absolute Gasteiger partial charge is 0.416 e. The highest BCUT2D eigenvalue weighted by atomic mass is 19.4. The third-order valence-corrected chi connectivity index (χ3v) is 6.03. The monoisotopic (exact) mass is 498 g/mol. The van der Waals surface area contributed by atoms with Gasteiger partial charge in [-0.05, 0) is 29.7 Å². The van der Waals surface area contributed by atoms with E-state index in [1.54, 1.807) is 0 Å². The maximum absolute atomic E-state index is 13.6. The number of rotatable bonds is 6. The van der Waals surface area contributed by atoms with Crippen molar-refractivity contribution in [1.29, 1.82) is 0 Å². The molecule has 4 rings (SSSR count). The Bertz CT molecular complexity index is 1180. The fraction of sp³-hybridized carbons (Fsp3) is 0.435. The van der Waals surface area contributed by atoms with Gasteiger partial charge < -0.3 is 39.6 Å². The average Bonchev–Trinajstić information content (AvgIpc) is 3.23. The van der Waals surface area contributed by atoms with Crippen LogP contribution in [0.15, 0.2) is 42.7 Å². The first-order valence-electron chi connectivity index (χ1n) is 10.8. The molecule has 35 heavy (non-hydrogen) atoms. The fourth-order valence-corrected chi connectivity index (χ4v) is 3.98. The molecule has 0 radical (unpaired) electrons. The Labute approximate surface area is 197 Å². The summed E-state index contributed by atoms with van der Waals surface area (Å²) in [7, 11) is 0. The summed E-state index contributed by atoms with van der Waals surface area (Å²) in [6.07, 6.45) is -10.6. The van der Waals surface area contributed by atoms with Crippen LogP contribution in [0.2, 0.25) is 0 Å². The van der Waals surface area contributed by atoms with E-state index in [-0.39, 0.29) is 17.6 Å². The van der Waals surface area contributed by atoms with E-state index in [4.69, 9.17) is 9.47 Å². The number of hydrogen-bond donors (Lipinski definition) is 5. The Morgan fingerprint density at radius 2 is 1.77 bits per heavy atom. The Balaban J connectivity index is 1.79. The first kappa shape index (κ1) is 25.4. The minimum Gasteiger partial charge on any atom is -0.452 e. The van der Waals surface area contributed by atoms with Crippen molar-refractivity contribution < 1.29 is 48.2 Å². The molecule has 2 aromatic carbocycles. The van der Waals surface area contributed by atoms with Crippen LogP contribution in [0, 0.1) is 0 Å². The van der Waals surface area contributed by atoms with E-state index in [0.29, 0.717) is 6.07 Å². The van der Waals surface area contributed by atoms with Gasteiger partial charge in [0.25, 0.3) is 5.79 Å². The molecule has 0 aliphatic carbocycles. The SMILES string of the molecule is CCc1ccc(Cn2cnc3cc(C(F)(F)F)cc(O[C@]4(O)C(O)O[C@H](CO)[C@@H](O)[C@@H]4O)c32)cc1. The molecular weight excluding hydrogens is 473 g/mol. The summed E-state index contributed by atoms with van der Waals surface area (Å²) in [5.41, 5.74) is 0.705. The molecule has 0 bridgehead atoms. The number of hydrogen-bond acceptors (Lipinski definition) is 8. The van der Waals surface area contributed by atoms with E-state index in [0.717, 1.165) is 23.6 Å². The van der Waals surface area contributed by atoms with Crippen LogP contribution < -0.4 is 4.74 Å². The van der Waals surface area contributed by atoms with Crippen molar-refractivity contribution in [3.8, 4) is 5.75 Å². The van der Waals surface area contributed by atoms with E-state index in [1.165, 1.54) is 10.9 Å². The van der Waals surface area contributed by atoms with Gasteiger partial charge >= 0.3 is 6.18 Å². The molecule has 2 heterocycles. The molecule has 12 heteroatoms. The van der Waals surface area contributed by atoms with E-state index >= 15 is 0 Å². The normalized spacial score (nSPS) is 27.3. The van der Waals surface area contributed by atoms with E-state index in [2.05, 4.69) is 4.98 Å². The summed E-state index contributed by atoms with van der Waals surface area (Å²) in [5.74, 6) is -3.61. The number of nitrogens with zero attached hydrogens (tertiary/aromatic N) is 2. The molecule has 3 aromatic rings. The van der Waals surface area contributed by atoms with E-state index < -0.39 is 54.5 Å². The van der Waals surface area contributed by atoms with Crippen LogP contribution in [-0.2, 0) is 23.9 Å². The fourth-order valence-electron chi connectivity index (χ4n) is 3.98. The summed E-state index contributed by atoms with van der Waals surface area (Å²) < 4.78 is 52.5.